The van der Waals surface area contributed by atoms with Crippen LogP contribution in [0.2, 0.25) is 0 Å². The molecule has 1 amide bonds. The van der Waals surface area contributed by atoms with E-state index in [1.165, 1.54) is 5.56 Å². The molecule has 26 heavy (non-hydrogen) atoms. The molecule has 0 bridgehead atoms. The molecule has 0 radical (unpaired) electrons. The van der Waals surface area contributed by atoms with E-state index in [1.807, 2.05) is 10.6 Å². The Morgan fingerprint density at radius 2 is 2.12 bits per heavy atom. The van der Waals surface area contributed by atoms with Crippen LogP contribution >= 0.6 is 0 Å². The predicted octanol–water partition coefficient (Wildman–Crippen LogP) is 2.47. The summed E-state index contributed by atoms with van der Waals surface area (Å²) in [6.45, 7) is 3.07. The average Bonchev–Trinajstić information content (AvgIpc) is 3.12. The predicted molar refractivity (Wildman–Crippen MR) is 100 cm³/mol. The van der Waals surface area contributed by atoms with E-state index in [9.17, 15) is 4.79 Å². The van der Waals surface area contributed by atoms with Gasteiger partial charge in [0.1, 0.15) is 5.56 Å². The molecule has 1 aromatic carbocycles. The summed E-state index contributed by atoms with van der Waals surface area (Å²) in [4.78, 5) is 18.9. The van der Waals surface area contributed by atoms with Crippen molar-refractivity contribution in [2.24, 2.45) is 0 Å². The number of hydrogen-bond acceptors (Lipinski definition) is 4. The second-order valence-electron chi connectivity index (χ2n) is 6.80. The van der Waals surface area contributed by atoms with Crippen molar-refractivity contribution in [2.45, 2.75) is 25.3 Å². The van der Waals surface area contributed by atoms with E-state index in [0.29, 0.717) is 17.1 Å². The van der Waals surface area contributed by atoms with E-state index in [4.69, 9.17) is 0 Å². The fourth-order valence-corrected chi connectivity index (χ4v) is 3.80. The molecule has 1 atom stereocenters. The highest BCUT2D eigenvalue weighted by molar-refractivity contribution is 5.99. The van der Waals surface area contributed by atoms with E-state index in [2.05, 4.69) is 50.6 Å². The molecule has 0 unspecified atom stereocenters. The van der Waals surface area contributed by atoms with Gasteiger partial charge in [-0.1, -0.05) is 30.3 Å². The molecule has 0 saturated carbocycles. The van der Waals surface area contributed by atoms with Gasteiger partial charge in [-0.15, -0.1) is 0 Å². The monoisotopic (exact) mass is 349 g/mol. The van der Waals surface area contributed by atoms with Crippen molar-refractivity contribution in [3.05, 3.63) is 65.6 Å². The number of carbonyl (C=O) groups excluding carboxylic acids is 1. The zero-order valence-corrected chi connectivity index (χ0v) is 14.9. The van der Waals surface area contributed by atoms with Gasteiger partial charge in [-0.05, 0) is 31.0 Å². The number of fused-ring (bicyclic) bond motifs is 1. The van der Waals surface area contributed by atoms with Crippen molar-refractivity contribution < 1.29 is 4.79 Å². The minimum Gasteiger partial charge on any atom is -0.355 e. The summed E-state index contributed by atoms with van der Waals surface area (Å²) in [6.07, 6.45) is 5.68. The second kappa shape index (κ2) is 7.25. The number of aromatic nitrogens is 3. The highest BCUT2D eigenvalue weighted by Gasteiger charge is 2.25. The number of likely N-dealkylation sites (tertiary alicyclic amines) is 1. The molecule has 6 heteroatoms. The molecule has 1 saturated heterocycles. The first-order valence-electron chi connectivity index (χ1n) is 9.07. The van der Waals surface area contributed by atoms with Crippen LogP contribution in [-0.2, 0) is 6.54 Å². The third kappa shape index (κ3) is 3.20. The van der Waals surface area contributed by atoms with Crippen LogP contribution in [0.3, 0.4) is 0 Å². The maximum Gasteiger partial charge on any atom is 0.256 e. The standard InChI is InChI=1S/C20H23N5O/c1-21-20(26)17-12-23-25-18(9-10-22-19(17)25)16-8-5-11-24(14-16)13-15-6-3-2-4-7-15/h2-4,6-7,9-10,12,16H,5,8,11,13-14H2,1H3,(H,21,26)/t16-/m0/s1. The molecule has 1 aliphatic heterocycles. The molecule has 134 valence electrons. The maximum atomic E-state index is 12.0. The number of benzene rings is 1. The zero-order valence-electron chi connectivity index (χ0n) is 14.9. The minimum atomic E-state index is -0.154. The van der Waals surface area contributed by atoms with E-state index in [-0.39, 0.29) is 5.91 Å². The molecule has 3 aromatic rings. The van der Waals surface area contributed by atoms with Gasteiger partial charge in [0.15, 0.2) is 5.65 Å². The van der Waals surface area contributed by atoms with Crippen LogP contribution < -0.4 is 5.32 Å². The quantitative estimate of drug-likeness (QED) is 0.786. The van der Waals surface area contributed by atoms with Crippen LogP contribution in [0, 0.1) is 0 Å². The molecule has 2 aromatic heterocycles. The fraction of sp³-hybridized carbons (Fsp3) is 0.350. The first-order valence-corrected chi connectivity index (χ1v) is 9.07. The fourth-order valence-electron chi connectivity index (χ4n) is 3.80. The number of piperidine rings is 1. The summed E-state index contributed by atoms with van der Waals surface area (Å²) >= 11 is 0. The van der Waals surface area contributed by atoms with Crippen molar-refractivity contribution in [2.75, 3.05) is 20.1 Å². The van der Waals surface area contributed by atoms with Crippen LogP contribution in [-0.4, -0.2) is 45.5 Å². The lowest BCUT2D eigenvalue weighted by atomic mass is 9.94. The first-order chi connectivity index (χ1) is 12.8. The van der Waals surface area contributed by atoms with E-state index in [1.54, 1.807) is 19.4 Å². The van der Waals surface area contributed by atoms with Crippen molar-refractivity contribution in [3.63, 3.8) is 0 Å². The van der Waals surface area contributed by atoms with Gasteiger partial charge in [0.05, 0.1) is 11.9 Å². The molecule has 1 N–H and O–H groups in total. The third-order valence-electron chi connectivity index (χ3n) is 5.07. The molecule has 3 heterocycles. The Morgan fingerprint density at radius 1 is 1.27 bits per heavy atom. The molecule has 1 aliphatic rings. The average molecular weight is 349 g/mol. The lowest BCUT2D eigenvalue weighted by Gasteiger charge is -2.33. The number of nitrogens with zero attached hydrogens (tertiary/aromatic N) is 4. The summed E-state index contributed by atoms with van der Waals surface area (Å²) in [6, 6.07) is 12.6. The summed E-state index contributed by atoms with van der Waals surface area (Å²) in [5.41, 5.74) is 3.62. The normalized spacial score (nSPS) is 18.1. The van der Waals surface area contributed by atoms with Gasteiger partial charge in [-0.2, -0.15) is 5.10 Å². The molecule has 4 rings (SSSR count). The molecule has 0 spiro atoms. The van der Waals surface area contributed by atoms with Crippen molar-refractivity contribution >= 4 is 11.6 Å². The Balaban J connectivity index is 1.59. The van der Waals surface area contributed by atoms with Gasteiger partial charge in [0, 0.05) is 32.3 Å². The van der Waals surface area contributed by atoms with E-state index in [0.717, 1.165) is 38.2 Å². The Labute approximate surface area is 152 Å². The summed E-state index contributed by atoms with van der Waals surface area (Å²) in [5, 5.41) is 7.10. The number of hydrogen-bond donors (Lipinski definition) is 1. The van der Waals surface area contributed by atoms with Gasteiger partial charge in [-0.25, -0.2) is 9.50 Å². The number of rotatable bonds is 4. The van der Waals surface area contributed by atoms with Gasteiger partial charge in [-0.3, -0.25) is 9.69 Å². The molecule has 0 aliphatic carbocycles. The number of amides is 1. The largest absolute Gasteiger partial charge is 0.355 e. The lowest BCUT2D eigenvalue weighted by Crippen LogP contribution is -2.34. The van der Waals surface area contributed by atoms with Crippen LogP contribution in [0.5, 0.6) is 0 Å². The van der Waals surface area contributed by atoms with Gasteiger partial charge >= 0.3 is 0 Å². The summed E-state index contributed by atoms with van der Waals surface area (Å²) in [7, 11) is 1.62. The van der Waals surface area contributed by atoms with Crippen molar-refractivity contribution in [1.29, 1.82) is 0 Å². The van der Waals surface area contributed by atoms with Gasteiger partial charge in [0.2, 0.25) is 0 Å². The summed E-state index contributed by atoms with van der Waals surface area (Å²) < 4.78 is 1.83. The number of carbonyl (C=O) groups is 1. The van der Waals surface area contributed by atoms with Crippen LogP contribution in [0.1, 0.15) is 40.4 Å². The molecule has 6 nitrogen and oxygen atoms in total. The highest BCUT2D eigenvalue weighted by Crippen LogP contribution is 2.28. The lowest BCUT2D eigenvalue weighted by molar-refractivity contribution is 0.0964. The minimum absolute atomic E-state index is 0.154. The summed E-state index contributed by atoms with van der Waals surface area (Å²) in [5.74, 6) is 0.231. The smallest absolute Gasteiger partial charge is 0.256 e. The van der Waals surface area contributed by atoms with E-state index < -0.39 is 0 Å². The van der Waals surface area contributed by atoms with Crippen LogP contribution in [0.15, 0.2) is 48.8 Å². The molecule has 1 fully saturated rings. The Hall–Kier alpha value is -2.73. The molecular weight excluding hydrogens is 326 g/mol. The topological polar surface area (TPSA) is 62.5 Å². The zero-order chi connectivity index (χ0) is 17.9. The first kappa shape index (κ1) is 16.7. The Bertz CT molecular complexity index is 905. The Morgan fingerprint density at radius 3 is 2.92 bits per heavy atom. The third-order valence-corrected chi connectivity index (χ3v) is 5.07. The van der Waals surface area contributed by atoms with Crippen molar-refractivity contribution in [3.8, 4) is 0 Å². The number of nitrogens with one attached hydrogen (secondary N) is 1. The highest BCUT2D eigenvalue weighted by atomic mass is 16.1. The van der Waals surface area contributed by atoms with Crippen LogP contribution in [0.4, 0.5) is 0 Å². The molecular formula is C20H23N5O. The van der Waals surface area contributed by atoms with Gasteiger partial charge < -0.3 is 5.32 Å². The van der Waals surface area contributed by atoms with Crippen molar-refractivity contribution in [1.82, 2.24) is 24.8 Å². The maximum absolute atomic E-state index is 12.0. The van der Waals surface area contributed by atoms with Crippen LogP contribution in [0.25, 0.3) is 5.65 Å². The second-order valence-corrected chi connectivity index (χ2v) is 6.80. The SMILES string of the molecule is CNC(=O)c1cnn2c([C@H]3CCCN(Cc4ccccc4)C3)ccnc12. The Kier molecular flexibility index (Phi) is 4.67. The van der Waals surface area contributed by atoms with Gasteiger partial charge in [0.25, 0.3) is 5.91 Å². The van der Waals surface area contributed by atoms with E-state index >= 15 is 0 Å².